The molecule has 8 nitrogen and oxygen atoms in total. The Morgan fingerprint density at radius 2 is 1.78 bits per heavy atom. The number of methoxy groups -OCH3 is 1. The van der Waals surface area contributed by atoms with Gasteiger partial charge in [-0.05, 0) is 48.0 Å². The Morgan fingerprint density at radius 3 is 2.61 bits per heavy atom. The third-order valence-corrected chi connectivity index (χ3v) is 8.29. The number of amides is 1. The van der Waals surface area contributed by atoms with E-state index in [1.54, 1.807) is 13.3 Å². The smallest absolute Gasteiger partial charge is 0.255 e. The van der Waals surface area contributed by atoms with Crippen LogP contribution in [0.5, 0.6) is 0 Å². The fourth-order valence-electron chi connectivity index (χ4n) is 5.04. The maximum atomic E-state index is 13.3. The minimum atomic E-state index is -0.181. The van der Waals surface area contributed by atoms with Crippen molar-refractivity contribution >= 4 is 33.3 Å². The van der Waals surface area contributed by atoms with Gasteiger partial charge in [-0.1, -0.05) is 41.7 Å². The lowest BCUT2D eigenvalue weighted by atomic mass is 10.1. The van der Waals surface area contributed by atoms with Gasteiger partial charge in [-0.15, -0.1) is 0 Å². The summed E-state index contributed by atoms with van der Waals surface area (Å²) in [6.07, 6.45) is 3.71. The number of rotatable bonds is 9. The molecule has 6 rings (SSSR count). The van der Waals surface area contributed by atoms with Crippen LogP contribution < -0.4 is 5.32 Å². The van der Waals surface area contributed by atoms with E-state index in [0.29, 0.717) is 11.3 Å². The van der Waals surface area contributed by atoms with Crippen LogP contribution in [0.1, 0.15) is 15.9 Å². The van der Waals surface area contributed by atoms with E-state index in [4.69, 9.17) is 14.7 Å². The molecule has 5 aromatic rings. The maximum Gasteiger partial charge on any atom is 0.255 e. The first kappa shape index (κ1) is 27.2. The average Bonchev–Trinajstić information content (AvgIpc) is 3.45. The van der Waals surface area contributed by atoms with Crippen LogP contribution in [0.15, 0.2) is 85.2 Å². The zero-order chi connectivity index (χ0) is 28.0. The van der Waals surface area contributed by atoms with Gasteiger partial charge in [0.25, 0.3) is 5.91 Å². The number of fused-ring (bicyclic) bond motifs is 1. The van der Waals surface area contributed by atoms with Gasteiger partial charge in [0.2, 0.25) is 0 Å². The van der Waals surface area contributed by atoms with Gasteiger partial charge in [-0.3, -0.25) is 19.6 Å². The lowest BCUT2D eigenvalue weighted by Gasteiger charge is -2.34. The van der Waals surface area contributed by atoms with Crippen molar-refractivity contribution < 1.29 is 9.53 Å². The first-order chi connectivity index (χ1) is 20.2. The number of carbonyl (C=O) groups excluding carboxylic acids is 1. The Morgan fingerprint density at radius 1 is 0.951 bits per heavy atom. The molecule has 1 aliphatic rings. The number of benzene rings is 2. The van der Waals surface area contributed by atoms with E-state index in [9.17, 15) is 4.79 Å². The third kappa shape index (κ3) is 6.49. The second kappa shape index (κ2) is 12.7. The SMILES string of the molecule is COCCN1CCN(Cc2cnc3sc(-c4ccccc4NC(=O)c4cccc(-c5ccccn5)c4)nc3c2)CC1. The van der Waals surface area contributed by atoms with Crippen LogP contribution in [0.4, 0.5) is 5.69 Å². The van der Waals surface area contributed by atoms with E-state index in [0.717, 1.165) is 83.6 Å². The molecule has 1 aliphatic heterocycles. The quantitative estimate of drug-likeness (QED) is 0.255. The fraction of sp³-hybridized carbons (Fsp3) is 0.250. The number of nitrogens with zero attached hydrogens (tertiary/aromatic N) is 5. The van der Waals surface area contributed by atoms with Crippen molar-refractivity contribution in [1.29, 1.82) is 0 Å². The Labute approximate surface area is 243 Å². The van der Waals surface area contributed by atoms with Crippen LogP contribution in [0.2, 0.25) is 0 Å². The number of pyridine rings is 2. The molecule has 4 heterocycles. The van der Waals surface area contributed by atoms with Gasteiger partial charge >= 0.3 is 0 Å². The monoisotopic (exact) mass is 564 g/mol. The number of thiazole rings is 1. The summed E-state index contributed by atoms with van der Waals surface area (Å²) in [6.45, 7) is 6.78. The van der Waals surface area contributed by atoms with E-state index in [-0.39, 0.29) is 5.91 Å². The molecular weight excluding hydrogens is 532 g/mol. The molecule has 208 valence electrons. The average molecular weight is 565 g/mol. The van der Waals surface area contributed by atoms with Gasteiger partial charge in [0.15, 0.2) is 0 Å². The molecule has 1 amide bonds. The number of ether oxygens (including phenoxy) is 1. The zero-order valence-electron chi connectivity index (χ0n) is 23.0. The summed E-state index contributed by atoms with van der Waals surface area (Å²) in [5.41, 5.74) is 5.92. The molecular formula is C32H32N6O2S. The number of para-hydroxylation sites is 1. The summed E-state index contributed by atoms with van der Waals surface area (Å²) in [5, 5.41) is 3.93. The summed E-state index contributed by atoms with van der Waals surface area (Å²) >= 11 is 1.54. The highest BCUT2D eigenvalue weighted by Crippen LogP contribution is 2.34. The molecule has 0 spiro atoms. The highest BCUT2D eigenvalue weighted by atomic mass is 32.1. The second-order valence-electron chi connectivity index (χ2n) is 10.1. The fourth-order valence-corrected chi connectivity index (χ4v) is 5.97. The van der Waals surface area contributed by atoms with E-state index in [1.807, 2.05) is 72.9 Å². The number of anilines is 1. The van der Waals surface area contributed by atoms with E-state index in [2.05, 4.69) is 26.2 Å². The Balaban J connectivity index is 1.17. The number of hydrogen-bond acceptors (Lipinski definition) is 8. The van der Waals surface area contributed by atoms with Crippen molar-refractivity contribution in [3.05, 3.63) is 96.3 Å². The molecule has 0 bridgehead atoms. The van der Waals surface area contributed by atoms with Crippen LogP contribution in [-0.4, -0.2) is 77.1 Å². The topological polar surface area (TPSA) is 83.5 Å². The minimum Gasteiger partial charge on any atom is -0.383 e. The molecule has 1 fully saturated rings. The van der Waals surface area contributed by atoms with Crippen molar-refractivity contribution in [1.82, 2.24) is 24.8 Å². The number of hydrogen-bond donors (Lipinski definition) is 1. The van der Waals surface area contributed by atoms with E-state index < -0.39 is 0 Å². The maximum absolute atomic E-state index is 13.3. The van der Waals surface area contributed by atoms with Crippen LogP contribution in [-0.2, 0) is 11.3 Å². The molecule has 0 atom stereocenters. The highest BCUT2D eigenvalue weighted by molar-refractivity contribution is 7.21. The predicted octanol–water partition coefficient (Wildman–Crippen LogP) is 5.44. The van der Waals surface area contributed by atoms with Crippen molar-refractivity contribution in [2.75, 3.05) is 51.8 Å². The van der Waals surface area contributed by atoms with Crippen molar-refractivity contribution in [3.8, 4) is 21.8 Å². The lowest BCUT2D eigenvalue weighted by Crippen LogP contribution is -2.46. The van der Waals surface area contributed by atoms with Crippen LogP contribution >= 0.6 is 11.3 Å². The Bertz CT molecular complexity index is 1630. The first-order valence-electron chi connectivity index (χ1n) is 13.8. The highest BCUT2D eigenvalue weighted by Gasteiger charge is 2.18. The predicted molar refractivity (Wildman–Crippen MR) is 164 cm³/mol. The molecule has 0 unspecified atom stereocenters. The van der Waals surface area contributed by atoms with Gasteiger partial charge < -0.3 is 10.1 Å². The normalized spacial score (nSPS) is 14.4. The van der Waals surface area contributed by atoms with Gasteiger partial charge in [-0.25, -0.2) is 9.97 Å². The van der Waals surface area contributed by atoms with Gasteiger partial charge in [-0.2, -0.15) is 0 Å². The number of nitrogens with one attached hydrogen (secondary N) is 1. The number of carbonyl (C=O) groups is 1. The summed E-state index contributed by atoms with van der Waals surface area (Å²) in [7, 11) is 1.75. The van der Waals surface area contributed by atoms with Crippen LogP contribution in [0, 0.1) is 0 Å². The third-order valence-electron chi connectivity index (χ3n) is 7.28. The number of aromatic nitrogens is 3. The Kier molecular flexibility index (Phi) is 8.39. The van der Waals surface area contributed by atoms with Gasteiger partial charge in [0, 0.05) is 75.5 Å². The molecule has 2 aromatic carbocycles. The van der Waals surface area contributed by atoms with Gasteiger partial charge in [0.1, 0.15) is 15.4 Å². The lowest BCUT2D eigenvalue weighted by molar-refractivity contribution is 0.0938. The van der Waals surface area contributed by atoms with Gasteiger partial charge in [0.05, 0.1) is 18.0 Å². The molecule has 0 radical (unpaired) electrons. The summed E-state index contributed by atoms with van der Waals surface area (Å²) in [5.74, 6) is -0.181. The first-order valence-corrected chi connectivity index (χ1v) is 14.6. The molecule has 9 heteroatoms. The summed E-state index contributed by atoms with van der Waals surface area (Å²) in [4.78, 5) is 33.2. The summed E-state index contributed by atoms with van der Waals surface area (Å²) in [6, 6.07) is 23.2. The van der Waals surface area contributed by atoms with Crippen molar-refractivity contribution in [3.63, 3.8) is 0 Å². The van der Waals surface area contributed by atoms with Crippen LogP contribution in [0.25, 0.3) is 32.2 Å². The number of piperazine rings is 1. The molecule has 0 aliphatic carbocycles. The Hall–Kier alpha value is -4.02. The van der Waals surface area contributed by atoms with E-state index >= 15 is 0 Å². The standard InChI is InChI=1S/C32H32N6O2S/c1-40-18-17-37-13-15-38(16-14-37)22-23-19-29-32(34-21-23)41-31(36-29)26-9-2-3-11-28(26)35-30(39)25-8-6-7-24(20-25)27-10-4-5-12-33-27/h2-12,19-21H,13-18,22H2,1H3,(H,35,39). The second-order valence-corrected chi connectivity index (χ2v) is 11.1. The molecule has 3 aromatic heterocycles. The largest absolute Gasteiger partial charge is 0.383 e. The zero-order valence-corrected chi connectivity index (χ0v) is 23.8. The molecule has 1 saturated heterocycles. The molecule has 41 heavy (non-hydrogen) atoms. The van der Waals surface area contributed by atoms with Crippen molar-refractivity contribution in [2.45, 2.75) is 6.54 Å². The molecule has 1 N–H and O–H groups in total. The van der Waals surface area contributed by atoms with Crippen molar-refractivity contribution in [2.24, 2.45) is 0 Å². The summed E-state index contributed by atoms with van der Waals surface area (Å²) < 4.78 is 5.22. The molecule has 0 saturated carbocycles. The van der Waals surface area contributed by atoms with E-state index in [1.165, 1.54) is 11.3 Å². The minimum absolute atomic E-state index is 0.181. The van der Waals surface area contributed by atoms with Crippen LogP contribution in [0.3, 0.4) is 0 Å².